The summed E-state index contributed by atoms with van der Waals surface area (Å²) in [4.78, 5) is 14.1. The molecule has 0 spiro atoms. The van der Waals surface area contributed by atoms with Crippen LogP contribution in [-0.2, 0) is 0 Å². The van der Waals surface area contributed by atoms with Gasteiger partial charge in [-0.15, -0.1) is 0 Å². The highest BCUT2D eigenvalue weighted by atomic mass is 16.5. The Morgan fingerprint density at radius 3 is 2.39 bits per heavy atom. The van der Waals surface area contributed by atoms with Crippen LogP contribution in [0, 0.1) is 0 Å². The Morgan fingerprint density at radius 2 is 1.74 bits per heavy atom. The van der Waals surface area contributed by atoms with Crippen molar-refractivity contribution < 1.29 is 9.32 Å². The number of carbonyl (C=O) groups excluding carboxylic acids is 1. The number of rotatable bonds is 4. The molecule has 2 amide bonds. The van der Waals surface area contributed by atoms with E-state index in [1.54, 1.807) is 11.0 Å². The van der Waals surface area contributed by atoms with Crippen molar-refractivity contribution in [2.24, 2.45) is 0 Å². The summed E-state index contributed by atoms with van der Waals surface area (Å²) in [6, 6.07) is 20.6. The van der Waals surface area contributed by atoms with E-state index in [4.69, 9.17) is 4.52 Å². The van der Waals surface area contributed by atoms with Gasteiger partial charge in [-0.3, -0.25) is 10.2 Å². The van der Waals surface area contributed by atoms with Crippen LogP contribution in [0.25, 0.3) is 11.3 Å². The van der Waals surface area contributed by atoms with Gasteiger partial charge >= 0.3 is 6.03 Å². The van der Waals surface area contributed by atoms with Gasteiger partial charge in [0.25, 0.3) is 0 Å². The zero-order valence-corrected chi connectivity index (χ0v) is 12.8. The Balaban J connectivity index is 1.74. The van der Waals surface area contributed by atoms with Gasteiger partial charge in [-0.25, -0.2) is 4.79 Å². The zero-order valence-electron chi connectivity index (χ0n) is 12.8. The molecular weight excluding hydrogens is 290 g/mol. The molecule has 0 radical (unpaired) electrons. The number of hydrogen-bond acceptors (Lipinski definition) is 3. The number of aromatic nitrogens is 1. The Kier molecular flexibility index (Phi) is 4.38. The van der Waals surface area contributed by atoms with Crippen molar-refractivity contribution in [3.8, 4) is 11.3 Å². The highest BCUT2D eigenvalue weighted by Gasteiger charge is 2.16. The number of benzene rings is 2. The van der Waals surface area contributed by atoms with Gasteiger partial charge in [0.2, 0.25) is 0 Å². The van der Waals surface area contributed by atoms with Crippen LogP contribution in [0.4, 0.5) is 16.3 Å². The molecule has 0 saturated heterocycles. The van der Waals surface area contributed by atoms with Crippen molar-refractivity contribution in [3.63, 3.8) is 0 Å². The van der Waals surface area contributed by atoms with E-state index in [1.807, 2.05) is 67.6 Å². The lowest BCUT2D eigenvalue weighted by molar-refractivity contribution is 0.257. The fourth-order valence-corrected chi connectivity index (χ4v) is 2.30. The predicted octanol–water partition coefficient (Wildman–Crippen LogP) is 4.40. The number of nitrogens with one attached hydrogen (secondary N) is 1. The van der Waals surface area contributed by atoms with Crippen LogP contribution < -0.4 is 10.2 Å². The maximum absolute atomic E-state index is 12.4. The van der Waals surface area contributed by atoms with Crippen LogP contribution in [0.3, 0.4) is 0 Å². The van der Waals surface area contributed by atoms with E-state index in [2.05, 4.69) is 10.5 Å². The standard InChI is InChI=1S/C18H17N3O2/c1-2-21(15-11-7-4-8-12-15)18(22)19-17-13-16(23-20-17)14-9-5-3-6-10-14/h3-13H,2H2,1H3,(H,19,20,22). The summed E-state index contributed by atoms with van der Waals surface area (Å²) >= 11 is 0. The van der Waals surface area contributed by atoms with Gasteiger partial charge in [0.05, 0.1) is 0 Å². The van der Waals surface area contributed by atoms with E-state index in [0.717, 1.165) is 11.3 Å². The van der Waals surface area contributed by atoms with Gasteiger partial charge in [0.15, 0.2) is 11.6 Å². The molecular formula is C18H17N3O2. The highest BCUT2D eigenvalue weighted by Crippen LogP contribution is 2.22. The average Bonchev–Trinajstić information content (AvgIpc) is 3.06. The summed E-state index contributed by atoms with van der Waals surface area (Å²) in [6.07, 6.45) is 0. The fourth-order valence-electron chi connectivity index (χ4n) is 2.30. The summed E-state index contributed by atoms with van der Waals surface area (Å²) in [7, 11) is 0. The maximum Gasteiger partial charge on any atom is 0.327 e. The molecule has 5 heteroatoms. The third kappa shape index (κ3) is 3.40. The molecule has 0 bridgehead atoms. The van der Waals surface area contributed by atoms with Crippen LogP contribution in [-0.4, -0.2) is 17.7 Å². The molecule has 0 saturated carbocycles. The number of amides is 2. The van der Waals surface area contributed by atoms with Crippen LogP contribution in [0.1, 0.15) is 6.92 Å². The van der Waals surface area contributed by atoms with Crippen molar-refractivity contribution in [1.29, 1.82) is 0 Å². The molecule has 1 N–H and O–H groups in total. The average molecular weight is 307 g/mol. The van der Waals surface area contributed by atoms with Crippen molar-refractivity contribution in [2.45, 2.75) is 6.92 Å². The minimum atomic E-state index is -0.244. The van der Waals surface area contributed by atoms with Crippen molar-refractivity contribution >= 4 is 17.5 Å². The first kappa shape index (κ1) is 14.8. The summed E-state index contributed by atoms with van der Waals surface area (Å²) in [6.45, 7) is 2.48. The third-order valence-corrected chi connectivity index (χ3v) is 3.43. The molecule has 3 rings (SSSR count). The largest absolute Gasteiger partial charge is 0.354 e. The van der Waals surface area contributed by atoms with Gasteiger partial charge in [-0.05, 0) is 19.1 Å². The summed E-state index contributed by atoms with van der Waals surface area (Å²) in [5, 5.41) is 6.67. The highest BCUT2D eigenvalue weighted by molar-refractivity contribution is 6.01. The number of hydrogen-bond donors (Lipinski definition) is 1. The Labute approximate surface area is 134 Å². The molecule has 0 aliphatic carbocycles. The Morgan fingerprint density at radius 1 is 1.09 bits per heavy atom. The van der Waals surface area contributed by atoms with Crippen LogP contribution >= 0.6 is 0 Å². The van der Waals surface area contributed by atoms with Crippen LogP contribution in [0.2, 0.25) is 0 Å². The predicted molar refractivity (Wildman–Crippen MR) is 90.4 cm³/mol. The Hall–Kier alpha value is -3.08. The summed E-state index contributed by atoms with van der Waals surface area (Å²) < 4.78 is 5.29. The molecule has 0 aliphatic heterocycles. The number of carbonyl (C=O) groups is 1. The van der Waals surface area contributed by atoms with Crippen LogP contribution in [0.5, 0.6) is 0 Å². The SMILES string of the molecule is CCN(C(=O)Nc1cc(-c2ccccc2)on1)c1ccccc1. The first-order valence-electron chi connectivity index (χ1n) is 7.43. The molecule has 0 unspecified atom stereocenters. The van der Waals surface area contributed by atoms with Gasteiger partial charge < -0.3 is 4.52 Å². The lowest BCUT2D eigenvalue weighted by Crippen LogP contribution is -2.34. The molecule has 5 nitrogen and oxygen atoms in total. The minimum Gasteiger partial charge on any atom is -0.354 e. The van der Waals surface area contributed by atoms with E-state index < -0.39 is 0 Å². The molecule has 116 valence electrons. The van der Waals surface area contributed by atoms with Crippen LogP contribution in [0.15, 0.2) is 71.3 Å². The van der Waals surface area contributed by atoms with Crippen molar-refractivity contribution in [3.05, 3.63) is 66.7 Å². The topological polar surface area (TPSA) is 58.4 Å². The molecule has 3 aromatic rings. The molecule has 0 atom stereocenters. The molecule has 23 heavy (non-hydrogen) atoms. The molecule has 2 aromatic carbocycles. The lowest BCUT2D eigenvalue weighted by atomic mass is 10.2. The first-order chi connectivity index (χ1) is 11.3. The van der Waals surface area contributed by atoms with E-state index in [0.29, 0.717) is 18.1 Å². The van der Waals surface area contributed by atoms with Gasteiger partial charge in [-0.2, -0.15) is 0 Å². The maximum atomic E-state index is 12.4. The Bertz CT molecular complexity index is 769. The van der Waals surface area contributed by atoms with Gasteiger partial charge in [-0.1, -0.05) is 53.7 Å². The molecule has 0 fully saturated rings. The van der Waals surface area contributed by atoms with E-state index in [9.17, 15) is 4.79 Å². The normalized spacial score (nSPS) is 10.3. The van der Waals surface area contributed by atoms with Crippen molar-refractivity contribution in [2.75, 3.05) is 16.8 Å². The second-order valence-electron chi connectivity index (χ2n) is 4.95. The second kappa shape index (κ2) is 6.79. The molecule has 1 aromatic heterocycles. The van der Waals surface area contributed by atoms with E-state index in [-0.39, 0.29) is 6.03 Å². The zero-order chi connectivity index (χ0) is 16.1. The lowest BCUT2D eigenvalue weighted by Gasteiger charge is -2.20. The summed E-state index contributed by atoms with van der Waals surface area (Å²) in [5.74, 6) is 1.01. The first-order valence-corrected chi connectivity index (χ1v) is 7.43. The molecule has 1 heterocycles. The number of anilines is 2. The van der Waals surface area contributed by atoms with E-state index in [1.165, 1.54) is 0 Å². The molecule has 0 aliphatic rings. The summed E-state index contributed by atoms with van der Waals surface area (Å²) in [5.41, 5.74) is 1.75. The monoisotopic (exact) mass is 307 g/mol. The smallest absolute Gasteiger partial charge is 0.327 e. The second-order valence-corrected chi connectivity index (χ2v) is 4.95. The van der Waals surface area contributed by atoms with E-state index >= 15 is 0 Å². The fraction of sp³-hybridized carbons (Fsp3) is 0.111. The number of para-hydroxylation sites is 1. The third-order valence-electron chi connectivity index (χ3n) is 3.43. The van der Waals surface area contributed by atoms with Gasteiger partial charge in [0.1, 0.15) is 0 Å². The number of urea groups is 1. The van der Waals surface area contributed by atoms with Gasteiger partial charge in [0, 0.05) is 23.9 Å². The quantitative estimate of drug-likeness (QED) is 0.777. The van der Waals surface area contributed by atoms with Crippen molar-refractivity contribution in [1.82, 2.24) is 5.16 Å². The number of nitrogens with zero attached hydrogens (tertiary/aromatic N) is 2. The minimum absolute atomic E-state index is 0.244.